The molecule has 1 fully saturated rings. The molecular weight excluding hydrogens is 302 g/mol. The first-order chi connectivity index (χ1) is 11.6. The van der Waals surface area contributed by atoms with Crippen LogP contribution in [-0.4, -0.2) is 34.4 Å². The highest BCUT2D eigenvalue weighted by Gasteiger charge is 2.31. The van der Waals surface area contributed by atoms with E-state index in [0.29, 0.717) is 11.5 Å². The Bertz CT molecular complexity index is 730. The van der Waals surface area contributed by atoms with Gasteiger partial charge >= 0.3 is 0 Å². The molecule has 1 amide bonds. The number of amides is 1. The summed E-state index contributed by atoms with van der Waals surface area (Å²) in [7, 11) is 1.66. The molecule has 5 heteroatoms. The summed E-state index contributed by atoms with van der Waals surface area (Å²) in [5.41, 5.74) is 1.59. The van der Waals surface area contributed by atoms with Crippen LogP contribution >= 0.6 is 0 Å². The fraction of sp³-hybridized carbons (Fsp3) is 0.421. The third-order valence-electron chi connectivity index (χ3n) is 4.40. The highest BCUT2D eigenvalue weighted by molar-refractivity contribution is 5.92. The number of ether oxygens (including phenoxy) is 1. The number of aromatic nitrogens is 2. The number of hydrogen-bond donors (Lipinski definition) is 0. The molecule has 1 aromatic carbocycles. The van der Waals surface area contributed by atoms with Crippen molar-refractivity contribution in [3.63, 3.8) is 0 Å². The smallest absolute Gasteiger partial charge is 0.273 e. The Labute approximate surface area is 142 Å². The predicted octanol–water partition coefficient (Wildman–Crippen LogP) is 3.59. The number of benzene rings is 1. The van der Waals surface area contributed by atoms with E-state index >= 15 is 0 Å². The van der Waals surface area contributed by atoms with Crippen LogP contribution in [0.3, 0.4) is 0 Å². The van der Waals surface area contributed by atoms with Crippen LogP contribution in [0, 0.1) is 0 Å². The van der Waals surface area contributed by atoms with Gasteiger partial charge in [0.2, 0.25) is 0 Å². The van der Waals surface area contributed by atoms with E-state index in [1.165, 1.54) is 0 Å². The Morgan fingerprint density at radius 3 is 2.92 bits per heavy atom. The van der Waals surface area contributed by atoms with Gasteiger partial charge in [-0.25, -0.2) is 9.97 Å². The second-order valence-electron chi connectivity index (χ2n) is 6.39. The van der Waals surface area contributed by atoms with Gasteiger partial charge in [-0.05, 0) is 36.6 Å². The number of carbonyl (C=O) groups excluding carboxylic acids is 1. The second-order valence-corrected chi connectivity index (χ2v) is 6.39. The lowest BCUT2D eigenvalue weighted by molar-refractivity contribution is 0.0729. The van der Waals surface area contributed by atoms with Gasteiger partial charge in [0, 0.05) is 18.7 Å². The Balaban J connectivity index is 1.87. The van der Waals surface area contributed by atoms with Crippen molar-refractivity contribution < 1.29 is 9.53 Å². The normalized spacial score (nSPS) is 17.3. The zero-order chi connectivity index (χ0) is 17.1. The molecule has 1 aromatic heterocycles. The monoisotopic (exact) mass is 325 g/mol. The van der Waals surface area contributed by atoms with Gasteiger partial charge in [0.15, 0.2) is 0 Å². The molecule has 0 saturated carbocycles. The van der Waals surface area contributed by atoms with Crippen molar-refractivity contribution in [2.24, 2.45) is 0 Å². The molecule has 0 bridgehead atoms. The molecule has 1 saturated heterocycles. The number of likely N-dealkylation sites (tertiary alicyclic amines) is 1. The molecule has 1 atom stereocenters. The van der Waals surface area contributed by atoms with Crippen LogP contribution in [0.1, 0.15) is 60.5 Å². The van der Waals surface area contributed by atoms with E-state index < -0.39 is 0 Å². The summed E-state index contributed by atoms with van der Waals surface area (Å²) in [5.74, 6) is 1.70. The van der Waals surface area contributed by atoms with E-state index in [9.17, 15) is 4.79 Å². The van der Waals surface area contributed by atoms with Crippen molar-refractivity contribution in [3.05, 3.63) is 53.6 Å². The van der Waals surface area contributed by atoms with Crippen molar-refractivity contribution in [1.29, 1.82) is 0 Å². The molecule has 2 heterocycles. The molecular formula is C19H23N3O2. The van der Waals surface area contributed by atoms with Crippen molar-refractivity contribution in [2.45, 2.75) is 38.6 Å². The first kappa shape index (κ1) is 16.4. The summed E-state index contributed by atoms with van der Waals surface area (Å²) in [5, 5.41) is 0. The standard InChI is InChI=1S/C19H23N3O2/c1-13(2)18-20-10-9-16(21-18)19(23)22-11-5-8-17(22)14-6-4-7-15(12-14)24-3/h4,6-7,9-10,12-13,17H,5,8,11H2,1-3H3/t17-/m0/s1. The third-order valence-corrected chi connectivity index (χ3v) is 4.40. The molecule has 126 valence electrons. The van der Waals surface area contributed by atoms with E-state index in [-0.39, 0.29) is 17.9 Å². The summed E-state index contributed by atoms with van der Waals surface area (Å²) >= 11 is 0. The molecule has 24 heavy (non-hydrogen) atoms. The molecule has 2 aromatic rings. The largest absolute Gasteiger partial charge is 0.497 e. The zero-order valence-electron chi connectivity index (χ0n) is 14.4. The molecule has 0 unspecified atom stereocenters. The minimum absolute atomic E-state index is 0.0235. The molecule has 5 nitrogen and oxygen atoms in total. The molecule has 3 rings (SSSR count). The maximum atomic E-state index is 13.0. The Kier molecular flexibility index (Phi) is 4.79. The Morgan fingerprint density at radius 2 is 2.17 bits per heavy atom. The number of hydrogen-bond acceptors (Lipinski definition) is 4. The fourth-order valence-electron chi connectivity index (χ4n) is 3.12. The molecule has 0 N–H and O–H groups in total. The van der Waals surface area contributed by atoms with E-state index in [1.807, 2.05) is 36.9 Å². The average Bonchev–Trinajstić information content (AvgIpc) is 3.11. The average molecular weight is 325 g/mol. The van der Waals surface area contributed by atoms with Crippen LogP contribution in [-0.2, 0) is 0 Å². The van der Waals surface area contributed by atoms with Crippen LogP contribution in [0.4, 0.5) is 0 Å². The lowest BCUT2D eigenvalue weighted by Gasteiger charge is -2.25. The zero-order valence-corrected chi connectivity index (χ0v) is 14.4. The molecule has 1 aliphatic heterocycles. The number of rotatable bonds is 4. The first-order valence-corrected chi connectivity index (χ1v) is 8.38. The van der Waals surface area contributed by atoms with Crippen molar-refractivity contribution in [2.75, 3.05) is 13.7 Å². The third kappa shape index (κ3) is 3.25. The van der Waals surface area contributed by atoms with Gasteiger partial charge < -0.3 is 9.64 Å². The van der Waals surface area contributed by atoms with Gasteiger partial charge in [-0.1, -0.05) is 26.0 Å². The lowest BCUT2D eigenvalue weighted by Crippen LogP contribution is -2.31. The van der Waals surface area contributed by atoms with Crippen molar-refractivity contribution in [3.8, 4) is 5.75 Å². The van der Waals surface area contributed by atoms with Gasteiger partial charge in [0.25, 0.3) is 5.91 Å². The molecule has 1 aliphatic rings. The van der Waals surface area contributed by atoms with Crippen molar-refractivity contribution in [1.82, 2.24) is 14.9 Å². The van der Waals surface area contributed by atoms with Crippen LogP contribution in [0.5, 0.6) is 5.75 Å². The van der Waals surface area contributed by atoms with Gasteiger partial charge in [-0.15, -0.1) is 0 Å². The van der Waals surface area contributed by atoms with Crippen LogP contribution in [0.15, 0.2) is 36.5 Å². The van der Waals surface area contributed by atoms with Crippen LogP contribution in [0.2, 0.25) is 0 Å². The van der Waals surface area contributed by atoms with Crippen molar-refractivity contribution >= 4 is 5.91 Å². The maximum absolute atomic E-state index is 13.0. The topological polar surface area (TPSA) is 55.3 Å². The van der Waals surface area contributed by atoms with E-state index in [2.05, 4.69) is 16.0 Å². The fourth-order valence-corrected chi connectivity index (χ4v) is 3.12. The molecule has 0 radical (unpaired) electrons. The van der Waals surface area contributed by atoms with Gasteiger partial charge in [-0.2, -0.15) is 0 Å². The Hall–Kier alpha value is -2.43. The Morgan fingerprint density at radius 1 is 1.33 bits per heavy atom. The number of nitrogens with zero attached hydrogens (tertiary/aromatic N) is 3. The second kappa shape index (κ2) is 6.99. The van der Waals surface area contributed by atoms with E-state index in [1.54, 1.807) is 19.4 Å². The minimum Gasteiger partial charge on any atom is -0.497 e. The van der Waals surface area contributed by atoms with Crippen LogP contribution in [0.25, 0.3) is 0 Å². The van der Waals surface area contributed by atoms with Gasteiger partial charge in [-0.3, -0.25) is 4.79 Å². The molecule has 0 aliphatic carbocycles. The quantitative estimate of drug-likeness (QED) is 0.862. The number of methoxy groups -OCH3 is 1. The summed E-state index contributed by atoms with van der Waals surface area (Å²) < 4.78 is 5.31. The first-order valence-electron chi connectivity index (χ1n) is 8.38. The maximum Gasteiger partial charge on any atom is 0.273 e. The summed E-state index contributed by atoms with van der Waals surface area (Å²) in [6.07, 6.45) is 3.63. The van der Waals surface area contributed by atoms with E-state index in [0.717, 1.165) is 30.7 Å². The molecule has 0 spiro atoms. The summed E-state index contributed by atoms with van der Waals surface area (Å²) in [4.78, 5) is 23.6. The highest BCUT2D eigenvalue weighted by Crippen LogP contribution is 2.34. The lowest BCUT2D eigenvalue weighted by atomic mass is 10.0. The predicted molar refractivity (Wildman–Crippen MR) is 92.1 cm³/mol. The van der Waals surface area contributed by atoms with Crippen LogP contribution < -0.4 is 4.74 Å². The van der Waals surface area contributed by atoms with Gasteiger partial charge in [0.05, 0.1) is 13.2 Å². The highest BCUT2D eigenvalue weighted by atomic mass is 16.5. The summed E-state index contributed by atoms with van der Waals surface area (Å²) in [6.45, 7) is 4.80. The SMILES string of the molecule is COc1cccc([C@@H]2CCCN2C(=O)c2ccnc(C(C)C)n2)c1. The minimum atomic E-state index is -0.0235. The van der Waals surface area contributed by atoms with Gasteiger partial charge in [0.1, 0.15) is 17.3 Å². The van der Waals surface area contributed by atoms with E-state index in [4.69, 9.17) is 4.74 Å². The summed E-state index contributed by atoms with van der Waals surface area (Å²) in [6, 6.07) is 9.73. The number of carbonyl (C=O) groups is 1.